The number of rotatable bonds is 4. The van der Waals surface area contributed by atoms with Crippen LogP contribution in [0.15, 0.2) is 58.3 Å². The SMILES string of the molecule is Clc1ccc(-c2nc(CSc3ncccc3Cl)co2)cc1. The standard InChI is InChI=1S/C15H10Cl2N2OS/c16-11-5-3-10(4-6-11)14-19-12(8-20-14)9-21-15-13(17)2-1-7-18-15/h1-8H,9H2. The number of benzene rings is 1. The van der Waals surface area contributed by atoms with Crippen molar-refractivity contribution >= 4 is 35.0 Å². The fourth-order valence-electron chi connectivity index (χ4n) is 1.72. The molecule has 3 nitrogen and oxygen atoms in total. The van der Waals surface area contributed by atoms with Gasteiger partial charge in [-0.05, 0) is 36.4 Å². The lowest BCUT2D eigenvalue weighted by molar-refractivity contribution is 0.573. The first-order chi connectivity index (χ1) is 10.2. The van der Waals surface area contributed by atoms with Gasteiger partial charge in [0.2, 0.25) is 5.89 Å². The van der Waals surface area contributed by atoms with E-state index in [9.17, 15) is 0 Å². The summed E-state index contributed by atoms with van der Waals surface area (Å²) in [5.74, 6) is 1.22. The van der Waals surface area contributed by atoms with E-state index in [0.29, 0.717) is 21.7 Å². The van der Waals surface area contributed by atoms with Gasteiger partial charge in [0.1, 0.15) is 11.3 Å². The van der Waals surface area contributed by atoms with Crippen molar-refractivity contribution in [1.29, 1.82) is 0 Å². The van der Waals surface area contributed by atoms with Crippen LogP contribution in [0.4, 0.5) is 0 Å². The molecule has 0 unspecified atom stereocenters. The number of halogens is 2. The minimum Gasteiger partial charge on any atom is -0.444 e. The molecule has 2 heterocycles. The number of oxazole rings is 1. The second kappa shape index (κ2) is 6.52. The number of hydrogen-bond acceptors (Lipinski definition) is 4. The summed E-state index contributed by atoms with van der Waals surface area (Å²) in [6.45, 7) is 0. The topological polar surface area (TPSA) is 38.9 Å². The second-order valence-electron chi connectivity index (χ2n) is 4.23. The maximum Gasteiger partial charge on any atom is 0.226 e. The van der Waals surface area contributed by atoms with Crippen LogP contribution in [0, 0.1) is 0 Å². The van der Waals surface area contributed by atoms with E-state index in [1.165, 1.54) is 11.8 Å². The zero-order valence-corrected chi connectivity index (χ0v) is 13.1. The van der Waals surface area contributed by atoms with Crippen molar-refractivity contribution in [3.8, 4) is 11.5 Å². The highest BCUT2D eigenvalue weighted by Gasteiger charge is 2.08. The van der Waals surface area contributed by atoms with E-state index in [0.717, 1.165) is 16.3 Å². The van der Waals surface area contributed by atoms with Crippen molar-refractivity contribution in [2.75, 3.05) is 0 Å². The summed E-state index contributed by atoms with van der Waals surface area (Å²) < 4.78 is 5.49. The molecule has 0 atom stereocenters. The summed E-state index contributed by atoms with van der Waals surface area (Å²) in [7, 11) is 0. The molecule has 0 saturated carbocycles. The van der Waals surface area contributed by atoms with Crippen LogP contribution in [0.2, 0.25) is 10.0 Å². The fraction of sp³-hybridized carbons (Fsp3) is 0.0667. The third-order valence-corrected chi connectivity index (χ3v) is 4.43. The Morgan fingerprint density at radius 1 is 1.10 bits per heavy atom. The Labute approximate surface area is 136 Å². The first-order valence-corrected chi connectivity index (χ1v) is 7.90. The molecule has 3 rings (SSSR count). The lowest BCUT2D eigenvalue weighted by Gasteiger charge is -1.99. The van der Waals surface area contributed by atoms with E-state index >= 15 is 0 Å². The Morgan fingerprint density at radius 2 is 1.90 bits per heavy atom. The third kappa shape index (κ3) is 3.59. The zero-order valence-electron chi connectivity index (χ0n) is 10.8. The van der Waals surface area contributed by atoms with Gasteiger partial charge in [-0.3, -0.25) is 0 Å². The number of pyridine rings is 1. The summed E-state index contributed by atoms with van der Waals surface area (Å²) in [5.41, 5.74) is 1.73. The molecule has 0 saturated heterocycles. The number of nitrogens with zero attached hydrogens (tertiary/aromatic N) is 2. The number of hydrogen-bond donors (Lipinski definition) is 0. The van der Waals surface area contributed by atoms with Gasteiger partial charge in [-0.15, -0.1) is 0 Å². The number of thioether (sulfide) groups is 1. The Morgan fingerprint density at radius 3 is 2.67 bits per heavy atom. The quantitative estimate of drug-likeness (QED) is 0.603. The second-order valence-corrected chi connectivity index (χ2v) is 6.04. The average Bonchev–Trinajstić information content (AvgIpc) is 2.96. The molecule has 3 aromatic rings. The normalized spacial score (nSPS) is 10.8. The molecule has 0 radical (unpaired) electrons. The van der Waals surface area contributed by atoms with Crippen LogP contribution in [0.25, 0.3) is 11.5 Å². The predicted molar refractivity (Wildman–Crippen MR) is 85.8 cm³/mol. The highest BCUT2D eigenvalue weighted by molar-refractivity contribution is 7.98. The average molecular weight is 337 g/mol. The Kier molecular flexibility index (Phi) is 4.48. The van der Waals surface area contributed by atoms with Crippen molar-refractivity contribution in [1.82, 2.24) is 9.97 Å². The predicted octanol–water partition coefficient (Wildman–Crippen LogP) is 5.34. The van der Waals surface area contributed by atoms with Gasteiger partial charge >= 0.3 is 0 Å². The Hall–Kier alpha value is -1.49. The van der Waals surface area contributed by atoms with E-state index in [1.807, 2.05) is 30.3 Å². The molecule has 21 heavy (non-hydrogen) atoms. The molecule has 2 aromatic heterocycles. The summed E-state index contributed by atoms with van der Waals surface area (Å²) in [6.07, 6.45) is 3.37. The highest BCUT2D eigenvalue weighted by Crippen LogP contribution is 2.28. The molecule has 1 aromatic carbocycles. The molecule has 0 N–H and O–H groups in total. The van der Waals surface area contributed by atoms with Gasteiger partial charge in [0.05, 0.1) is 10.7 Å². The van der Waals surface area contributed by atoms with Crippen molar-refractivity contribution < 1.29 is 4.42 Å². The third-order valence-electron chi connectivity index (χ3n) is 2.72. The van der Waals surface area contributed by atoms with E-state index in [-0.39, 0.29) is 0 Å². The minimum atomic E-state index is 0.578. The minimum absolute atomic E-state index is 0.578. The van der Waals surface area contributed by atoms with Crippen molar-refractivity contribution in [2.45, 2.75) is 10.8 Å². The summed E-state index contributed by atoms with van der Waals surface area (Å²) in [4.78, 5) is 8.68. The fourth-order valence-corrected chi connectivity index (χ4v) is 2.89. The molecule has 6 heteroatoms. The highest BCUT2D eigenvalue weighted by atomic mass is 35.5. The van der Waals surface area contributed by atoms with Gasteiger partial charge in [0.15, 0.2) is 0 Å². The van der Waals surface area contributed by atoms with Gasteiger partial charge < -0.3 is 4.42 Å². The molecule has 0 spiro atoms. The Bertz CT molecular complexity index is 743. The van der Waals surface area contributed by atoms with Crippen LogP contribution in [0.3, 0.4) is 0 Å². The molecular formula is C15H10Cl2N2OS. The first-order valence-electron chi connectivity index (χ1n) is 6.16. The molecule has 0 fully saturated rings. The molecular weight excluding hydrogens is 327 g/mol. The van der Waals surface area contributed by atoms with Crippen LogP contribution in [-0.2, 0) is 5.75 Å². The zero-order chi connectivity index (χ0) is 14.7. The largest absolute Gasteiger partial charge is 0.444 e. The van der Waals surface area contributed by atoms with Crippen molar-refractivity contribution in [3.63, 3.8) is 0 Å². The summed E-state index contributed by atoms with van der Waals surface area (Å²) in [5, 5.41) is 2.12. The smallest absolute Gasteiger partial charge is 0.226 e. The van der Waals surface area contributed by atoms with E-state index in [2.05, 4.69) is 9.97 Å². The van der Waals surface area contributed by atoms with Crippen molar-refractivity contribution in [3.05, 3.63) is 64.6 Å². The van der Waals surface area contributed by atoms with Crippen LogP contribution >= 0.6 is 35.0 Å². The first kappa shape index (κ1) is 14.4. The van der Waals surface area contributed by atoms with Crippen LogP contribution in [0.5, 0.6) is 0 Å². The number of aromatic nitrogens is 2. The summed E-state index contributed by atoms with van der Waals surface area (Å²) in [6, 6.07) is 11.0. The maximum absolute atomic E-state index is 6.07. The van der Waals surface area contributed by atoms with Crippen molar-refractivity contribution in [2.24, 2.45) is 0 Å². The molecule has 0 aliphatic heterocycles. The van der Waals surface area contributed by atoms with Gasteiger partial charge in [-0.25, -0.2) is 9.97 Å². The van der Waals surface area contributed by atoms with Gasteiger partial charge in [-0.1, -0.05) is 35.0 Å². The van der Waals surface area contributed by atoms with Crippen LogP contribution < -0.4 is 0 Å². The van der Waals surface area contributed by atoms with E-state index in [1.54, 1.807) is 18.5 Å². The van der Waals surface area contributed by atoms with Gasteiger partial charge in [0, 0.05) is 22.5 Å². The lowest BCUT2D eigenvalue weighted by Crippen LogP contribution is -1.85. The van der Waals surface area contributed by atoms with Gasteiger partial charge in [-0.2, -0.15) is 0 Å². The Balaban J connectivity index is 1.71. The summed E-state index contributed by atoms with van der Waals surface area (Å²) >= 11 is 13.5. The van der Waals surface area contributed by atoms with Gasteiger partial charge in [0.25, 0.3) is 0 Å². The molecule has 106 valence electrons. The van der Waals surface area contributed by atoms with Crippen LogP contribution in [0.1, 0.15) is 5.69 Å². The molecule has 0 aliphatic rings. The monoisotopic (exact) mass is 336 g/mol. The van der Waals surface area contributed by atoms with Crippen LogP contribution in [-0.4, -0.2) is 9.97 Å². The van der Waals surface area contributed by atoms with E-state index < -0.39 is 0 Å². The maximum atomic E-state index is 6.07. The lowest BCUT2D eigenvalue weighted by atomic mass is 10.2. The molecule has 0 bridgehead atoms. The van der Waals surface area contributed by atoms with E-state index in [4.69, 9.17) is 27.6 Å². The molecule has 0 amide bonds. The molecule has 0 aliphatic carbocycles.